The molecule has 0 aliphatic rings. The maximum absolute atomic E-state index is 13.5. The van der Waals surface area contributed by atoms with Crippen molar-refractivity contribution in [1.82, 2.24) is 0 Å². The molecule has 0 saturated heterocycles. The maximum atomic E-state index is 13.5. The molecule has 3 rings (SSSR count). The van der Waals surface area contributed by atoms with Gasteiger partial charge in [-0.25, -0.2) is 4.57 Å². The summed E-state index contributed by atoms with van der Waals surface area (Å²) >= 11 is 0. The van der Waals surface area contributed by atoms with E-state index in [1.54, 1.807) is 12.0 Å². The van der Waals surface area contributed by atoms with Crippen LogP contribution in [0.25, 0.3) is 0 Å². The zero-order valence-electron chi connectivity index (χ0n) is 23.9. The van der Waals surface area contributed by atoms with Crippen LogP contribution in [0, 0.1) is 0 Å². The van der Waals surface area contributed by atoms with Crippen LogP contribution in [0.1, 0.15) is 87.1 Å². The number of nitrogens with zero attached hydrogens (tertiary/aromatic N) is 2. The Hall–Kier alpha value is -2.61. The summed E-state index contributed by atoms with van der Waals surface area (Å²) in [6, 6.07) is 19.4. The summed E-state index contributed by atoms with van der Waals surface area (Å²) in [5.74, 6) is 1.40. The topological polar surface area (TPSA) is 42.7 Å². The fourth-order valence-electron chi connectivity index (χ4n) is 4.57. The number of para-hydroxylation sites is 1. The number of carbonyl (C=O) groups excluding carboxylic acids is 1. The zero-order valence-corrected chi connectivity index (χ0v) is 26.1. The number of pyridine rings is 1. The van der Waals surface area contributed by atoms with E-state index in [9.17, 15) is 4.79 Å². The molecule has 0 bridgehead atoms. The molecule has 2 aromatic carbocycles. The number of rotatable bonds is 17. The van der Waals surface area contributed by atoms with Crippen molar-refractivity contribution in [3.05, 3.63) is 84.2 Å². The van der Waals surface area contributed by atoms with Gasteiger partial charge in [-0.15, -0.1) is 0 Å². The number of anilines is 1. The Morgan fingerprint density at radius 3 is 2.03 bits per heavy atom. The molecule has 0 unspecified atom stereocenters. The molecule has 1 amide bonds. The Kier molecular flexibility index (Phi) is 15.6. The number of carbonyl (C=O) groups is 1. The highest BCUT2D eigenvalue weighted by Gasteiger charge is 2.20. The highest BCUT2D eigenvalue weighted by Crippen LogP contribution is 2.30. The molecule has 0 aliphatic carbocycles. The lowest BCUT2D eigenvalue weighted by Gasteiger charge is -2.23. The van der Waals surface area contributed by atoms with E-state index in [2.05, 4.69) is 6.92 Å². The third-order valence-electron chi connectivity index (χ3n) is 6.86. The third-order valence-corrected chi connectivity index (χ3v) is 6.86. The second-order valence-electron chi connectivity index (χ2n) is 9.99. The number of halogens is 1. The van der Waals surface area contributed by atoms with Gasteiger partial charge in [0.2, 0.25) is 0 Å². The number of benzene rings is 2. The molecule has 0 atom stereocenters. The van der Waals surface area contributed by atoms with E-state index in [1.165, 1.54) is 57.8 Å². The summed E-state index contributed by atoms with van der Waals surface area (Å²) in [7, 11) is 3.60. The summed E-state index contributed by atoms with van der Waals surface area (Å²) in [6.45, 7) is 3.38. The Morgan fingerprint density at radius 2 is 1.41 bits per heavy atom. The van der Waals surface area contributed by atoms with Crippen molar-refractivity contribution in [2.75, 3.05) is 18.6 Å². The molecule has 1 aromatic heterocycles. The second kappa shape index (κ2) is 18.6. The van der Waals surface area contributed by atoms with E-state index in [1.807, 2.05) is 84.7 Å². The van der Waals surface area contributed by atoms with Gasteiger partial charge >= 0.3 is 0 Å². The number of aryl methyl sites for hydroxylation is 1. The first-order valence-corrected chi connectivity index (χ1v) is 14.2. The predicted molar refractivity (Wildman–Crippen MR) is 155 cm³/mol. The molecule has 0 spiro atoms. The van der Waals surface area contributed by atoms with Gasteiger partial charge in [-0.3, -0.25) is 4.79 Å². The molecule has 39 heavy (non-hydrogen) atoms. The van der Waals surface area contributed by atoms with Crippen LogP contribution < -0.4 is 42.9 Å². The van der Waals surface area contributed by atoms with E-state index < -0.39 is 0 Å². The molecule has 3 aromatic rings. The average Bonchev–Trinajstić information content (AvgIpc) is 2.95. The number of amides is 1. The molecule has 0 saturated carbocycles. The number of unbranched alkanes of at least 4 members (excludes halogenated alkanes) is 9. The van der Waals surface area contributed by atoms with Gasteiger partial charge in [-0.2, -0.15) is 0 Å². The van der Waals surface area contributed by atoms with Crippen molar-refractivity contribution < 1.29 is 42.8 Å². The van der Waals surface area contributed by atoms with Crippen LogP contribution in [0.15, 0.2) is 73.1 Å². The summed E-state index contributed by atoms with van der Waals surface area (Å²) in [4.78, 5) is 15.3. The quantitative estimate of drug-likeness (QED) is 0.122. The van der Waals surface area contributed by atoms with Gasteiger partial charge in [0, 0.05) is 17.8 Å². The lowest BCUT2D eigenvalue weighted by Crippen LogP contribution is -3.00. The molecule has 0 N–H and O–H groups in total. The minimum Gasteiger partial charge on any atom is -1.00 e. The van der Waals surface area contributed by atoms with Gasteiger partial charge in [0.25, 0.3) is 5.91 Å². The lowest BCUT2D eigenvalue weighted by atomic mass is 10.1. The summed E-state index contributed by atoms with van der Waals surface area (Å²) in [5, 5.41) is 0. The highest BCUT2D eigenvalue weighted by molar-refractivity contribution is 6.05. The van der Waals surface area contributed by atoms with Crippen LogP contribution in [-0.2, 0) is 13.6 Å². The van der Waals surface area contributed by atoms with Gasteiger partial charge in [0.05, 0.1) is 25.8 Å². The number of methoxy groups -OCH3 is 1. The van der Waals surface area contributed by atoms with Crippen molar-refractivity contribution in [3.63, 3.8) is 0 Å². The monoisotopic (exact) mass is 644 g/mol. The number of aromatic nitrogens is 1. The second-order valence-corrected chi connectivity index (χ2v) is 9.99. The van der Waals surface area contributed by atoms with Crippen LogP contribution in [0.5, 0.6) is 11.5 Å². The van der Waals surface area contributed by atoms with Crippen LogP contribution in [-0.4, -0.2) is 19.6 Å². The summed E-state index contributed by atoms with van der Waals surface area (Å²) < 4.78 is 13.6. The third kappa shape index (κ3) is 11.2. The van der Waals surface area contributed by atoms with E-state index in [0.717, 1.165) is 23.4 Å². The average molecular weight is 645 g/mol. The van der Waals surface area contributed by atoms with E-state index in [0.29, 0.717) is 24.5 Å². The molecular formula is C33H45IN2O3. The molecule has 6 heteroatoms. The van der Waals surface area contributed by atoms with E-state index in [4.69, 9.17) is 9.47 Å². The van der Waals surface area contributed by atoms with Crippen LogP contribution in [0.4, 0.5) is 5.69 Å². The number of ether oxygens (including phenoxy) is 2. The van der Waals surface area contributed by atoms with Crippen LogP contribution in [0.3, 0.4) is 0 Å². The molecule has 0 radical (unpaired) electrons. The summed E-state index contributed by atoms with van der Waals surface area (Å²) in [5.41, 5.74) is 2.48. The SMILES string of the molecule is CCCCCCCCCCCCOc1ccc(CN(C(=O)c2cc[n+](C)cc2)c2ccccc2)cc1OC.[I-]. The van der Waals surface area contributed by atoms with Crippen LogP contribution >= 0.6 is 0 Å². The Bertz CT molecular complexity index is 1090. The lowest BCUT2D eigenvalue weighted by molar-refractivity contribution is -0.671. The van der Waals surface area contributed by atoms with Gasteiger partial charge < -0.3 is 38.4 Å². The van der Waals surface area contributed by atoms with E-state index >= 15 is 0 Å². The molecule has 212 valence electrons. The Labute approximate surface area is 252 Å². The van der Waals surface area contributed by atoms with Gasteiger partial charge in [-0.1, -0.05) is 89.0 Å². The normalized spacial score (nSPS) is 10.5. The van der Waals surface area contributed by atoms with Crippen molar-refractivity contribution in [1.29, 1.82) is 0 Å². The Morgan fingerprint density at radius 1 is 0.795 bits per heavy atom. The number of hydrogen-bond donors (Lipinski definition) is 0. The fraction of sp³-hybridized carbons (Fsp3) is 0.455. The Balaban J connectivity index is 0.00000533. The van der Waals surface area contributed by atoms with Gasteiger partial charge in [0.1, 0.15) is 7.05 Å². The fourth-order valence-corrected chi connectivity index (χ4v) is 4.57. The first-order valence-electron chi connectivity index (χ1n) is 14.2. The first kappa shape index (κ1) is 32.6. The minimum atomic E-state index is -0.0444. The van der Waals surface area contributed by atoms with Crippen molar-refractivity contribution in [2.24, 2.45) is 7.05 Å². The molecule has 0 fully saturated rings. The van der Waals surface area contributed by atoms with Gasteiger partial charge in [0.15, 0.2) is 23.9 Å². The van der Waals surface area contributed by atoms with E-state index in [-0.39, 0.29) is 29.9 Å². The standard InChI is InChI=1S/C33H45N2O3.HI/c1-4-5-6-7-8-9-10-11-12-16-25-38-31-20-19-28(26-32(31)37-3)27-35(30-17-14-13-15-18-30)33(36)29-21-23-34(2)24-22-29;/h13-15,17-24,26H,4-12,16,25,27H2,1-3H3;1H/q+1;/p-1. The van der Waals surface area contributed by atoms with Crippen molar-refractivity contribution in [2.45, 2.75) is 77.7 Å². The van der Waals surface area contributed by atoms with Crippen molar-refractivity contribution in [3.8, 4) is 11.5 Å². The highest BCUT2D eigenvalue weighted by atomic mass is 127. The zero-order chi connectivity index (χ0) is 27.0. The molecule has 0 aliphatic heterocycles. The largest absolute Gasteiger partial charge is 1.00 e. The minimum absolute atomic E-state index is 0. The summed E-state index contributed by atoms with van der Waals surface area (Å²) in [6.07, 6.45) is 16.8. The first-order chi connectivity index (χ1) is 18.6. The van der Waals surface area contributed by atoms with Gasteiger partial charge in [-0.05, 0) is 36.2 Å². The predicted octanol–water partition coefficient (Wildman–Crippen LogP) is 4.67. The molecular weight excluding hydrogens is 599 g/mol. The molecule has 5 nitrogen and oxygen atoms in total. The van der Waals surface area contributed by atoms with Crippen molar-refractivity contribution >= 4 is 11.6 Å². The van der Waals surface area contributed by atoms with Crippen LogP contribution in [0.2, 0.25) is 0 Å². The molecule has 1 heterocycles. The number of hydrogen-bond acceptors (Lipinski definition) is 3. The smallest absolute Gasteiger partial charge is 0.259 e. The maximum Gasteiger partial charge on any atom is 0.259 e.